The molecule has 1 atom stereocenters. The van der Waals surface area contributed by atoms with E-state index in [-0.39, 0.29) is 11.9 Å². The first-order valence-electron chi connectivity index (χ1n) is 6.23. The minimum atomic E-state index is -0.207. The van der Waals surface area contributed by atoms with Crippen LogP contribution < -0.4 is 5.32 Å². The van der Waals surface area contributed by atoms with E-state index < -0.39 is 0 Å². The predicted molar refractivity (Wildman–Crippen MR) is 79.0 cm³/mol. The number of aromatic nitrogens is 2. The van der Waals surface area contributed by atoms with E-state index in [0.29, 0.717) is 10.7 Å². The van der Waals surface area contributed by atoms with Gasteiger partial charge in [0, 0.05) is 28.1 Å². The van der Waals surface area contributed by atoms with Crippen LogP contribution in [0.25, 0.3) is 0 Å². The highest BCUT2D eigenvalue weighted by molar-refractivity contribution is 7.99. The Balaban J connectivity index is 1.83. The smallest absolute Gasteiger partial charge is 0.271 e. The fourth-order valence-corrected chi connectivity index (χ4v) is 3.45. The van der Waals surface area contributed by atoms with Gasteiger partial charge in [0.1, 0.15) is 5.69 Å². The number of halogens is 1. The Bertz CT molecular complexity index is 636. The van der Waals surface area contributed by atoms with Crippen molar-refractivity contribution < 1.29 is 4.79 Å². The van der Waals surface area contributed by atoms with E-state index in [2.05, 4.69) is 15.3 Å². The van der Waals surface area contributed by atoms with Crippen LogP contribution in [0.4, 0.5) is 0 Å². The summed E-state index contributed by atoms with van der Waals surface area (Å²) < 4.78 is 0. The number of hydrogen-bond donors (Lipinski definition) is 1. The summed E-state index contributed by atoms with van der Waals surface area (Å²) in [6, 6.07) is 5.77. The summed E-state index contributed by atoms with van der Waals surface area (Å²) in [6.45, 7) is 0. The Morgan fingerprint density at radius 2 is 2.30 bits per heavy atom. The molecule has 20 heavy (non-hydrogen) atoms. The molecule has 1 aliphatic heterocycles. The third-order valence-electron chi connectivity index (χ3n) is 3.11. The molecular formula is C14H12ClN3OS. The van der Waals surface area contributed by atoms with E-state index in [9.17, 15) is 4.79 Å². The lowest BCUT2D eigenvalue weighted by Crippen LogP contribution is -2.31. The number of amides is 1. The van der Waals surface area contributed by atoms with Gasteiger partial charge in [0.2, 0.25) is 0 Å². The van der Waals surface area contributed by atoms with Crippen molar-refractivity contribution in [2.75, 3.05) is 5.75 Å². The molecule has 102 valence electrons. The van der Waals surface area contributed by atoms with Crippen molar-refractivity contribution in [2.24, 2.45) is 0 Å². The minimum absolute atomic E-state index is 0.0283. The monoisotopic (exact) mass is 305 g/mol. The van der Waals surface area contributed by atoms with Crippen molar-refractivity contribution in [1.82, 2.24) is 15.3 Å². The number of fused-ring (bicyclic) bond motifs is 1. The number of carbonyl (C=O) groups is 1. The number of hydrogen-bond acceptors (Lipinski definition) is 4. The largest absolute Gasteiger partial charge is 0.344 e. The quantitative estimate of drug-likeness (QED) is 0.926. The molecule has 1 amide bonds. The van der Waals surface area contributed by atoms with Gasteiger partial charge < -0.3 is 5.32 Å². The van der Waals surface area contributed by atoms with Crippen LogP contribution in [-0.2, 0) is 0 Å². The maximum atomic E-state index is 12.2. The molecule has 0 spiro atoms. The average molecular weight is 306 g/mol. The molecule has 0 aliphatic carbocycles. The molecule has 0 bridgehead atoms. The van der Waals surface area contributed by atoms with Crippen LogP contribution in [0.2, 0.25) is 5.02 Å². The molecule has 1 aromatic heterocycles. The molecule has 4 nitrogen and oxygen atoms in total. The van der Waals surface area contributed by atoms with Gasteiger partial charge in [0.05, 0.1) is 12.2 Å². The Kier molecular flexibility index (Phi) is 3.89. The topological polar surface area (TPSA) is 54.9 Å². The van der Waals surface area contributed by atoms with Crippen molar-refractivity contribution in [3.8, 4) is 0 Å². The standard InChI is InChI=1S/C14H12ClN3OS/c15-9-1-2-13-10(7-9)11(3-6-20-13)18-14(19)12-8-16-4-5-17-12/h1-2,4-5,7-8,11H,3,6H2,(H,18,19)/t11-/m1/s1. The van der Waals surface area contributed by atoms with Gasteiger partial charge in [0.15, 0.2) is 0 Å². The van der Waals surface area contributed by atoms with Gasteiger partial charge in [-0.05, 0) is 30.2 Å². The van der Waals surface area contributed by atoms with Gasteiger partial charge in [-0.1, -0.05) is 11.6 Å². The molecule has 0 saturated heterocycles. The van der Waals surface area contributed by atoms with Crippen LogP contribution in [0.15, 0.2) is 41.7 Å². The van der Waals surface area contributed by atoms with Gasteiger partial charge in [-0.3, -0.25) is 9.78 Å². The molecule has 6 heteroatoms. The van der Waals surface area contributed by atoms with Crippen LogP contribution in [0.3, 0.4) is 0 Å². The van der Waals surface area contributed by atoms with E-state index >= 15 is 0 Å². The lowest BCUT2D eigenvalue weighted by Gasteiger charge is -2.26. The molecule has 1 aliphatic rings. The lowest BCUT2D eigenvalue weighted by atomic mass is 10.0. The molecule has 0 fully saturated rings. The number of carbonyl (C=O) groups excluding carboxylic acids is 1. The predicted octanol–water partition coefficient (Wildman–Crippen LogP) is 3.10. The third kappa shape index (κ3) is 2.78. The summed E-state index contributed by atoms with van der Waals surface area (Å²) >= 11 is 7.84. The molecule has 3 rings (SSSR count). The van der Waals surface area contributed by atoms with E-state index in [1.165, 1.54) is 17.3 Å². The molecular weight excluding hydrogens is 294 g/mol. The fraction of sp³-hybridized carbons (Fsp3) is 0.214. The Morgan fingerprint density at radius 3 is 3.10 bits per heavy atom. The van der Waals surface area contributed by atoms with Crippen molar-refractivity contribution >= 4 is 29.3 Å². The van der Waals surface area contributed by atoms with E-state index in [0.717, 1.165) is 17.7 Å². The number of rotatable bonds is 2. The number of thioether (sulfide) groups is 1. The zero-order valence-corrected chi connectivity index (χ0v) is 12.1. The molecule has 2 aromatic rings. The van der Waals surface area contributed by atoms with Gasteiger partial charge in [-0.2, -0.15) is 0 Å². The second-order valence-electron chi connectivity index (χ2n) is 4.44. The van der Waals surface area contributed by atoms with Crippen LogP contribution in [0.1, 0.15) is 28.5 Å². The maximum absolute atomic E-state index is 12.2. The summed E-state index contributed by atoms with van der Waals surface area (Å²) in [4.78, 5) is 21.2. The Hall–Kier alpha value is -1.59. The second-order valence-corrected chi connectivity index (χ2v) is 6.01. The zero-order valence-electron chi connectivity index (χ0n) is 10.5. The third-order valence-corrected chi connectivity index (χ3v) is 4.47. The highest BCUT2D eigenvalue weighted by atomic mass is 35.5. The SMILES string of the molecule is O=C(N[C@@H]1CCSc2ccc(Cl)cc21)c1cnccn1. The van der Waals surface area contributed by atoms with Crippen molar-refractivity contribution in [1.29, 1.82) is 0 Å². The van der Waals surface area contributed by atoms with Crippen LogP contribution in [-0.4, -0.2) is 21.6 Å². The molecule has 1 N–H and O–H groups in total. The molecule has 1 aromatic carbocycles. The number of benzene rings is 1. The summed E-state index contributed by atoms with van der Waals surface area (Å²) in [6.07, 6.45) is 5.40. The zero-order chi connectivity index (χ0) is 13.9. The minimum Gasteiger partial charge on any atom is -0.344 e. The summed E-state index contributed by atoms with van der Waals surface area (Å²) in [5.74, 6) is 0.765. The van der Waals surface area contributed by atoms with Gasteiger partial charge in [0.25, 0.3) is 5.91 Å². The molecule has 2 heterocycles. The Labute approximate surface area is 126 Å². The van der Waals surface area contributed by atoms with Crippen molar-refractivity contribution in [3.63, 3.8) is 0 Å². The maximum Gasteiger partial charge on any atom is 0.271 e. The molecule has 0 unspecified atom stereocenters. The van der Waals surface area contributed by atoms with E-state index in [1.54, 1.807) is 18.0 Å². The van der Waals surface area contributed by atoms with Crippen LogP contribution in [0, 0.1) is 0 Å². The first-order chi connectivity index (χ1) is 9.74. The summed E-state index contributed by atoms with van der Waals surface area (Å²) in [5.41, 5.74) is 1.40. The fourth-order valence-electron chi connectivity index (χ4n) is 2.16. The second kappa shape index (κ2) is 5.81. The first kappa shape index (κ1) is 13.4. The summed E-state index contributed by atoms with van der Waals surface area (Å²) in [7, 11) is 0. The number of nitrogens with zero attached hydrogens (tertiary/aromatic N) is 2. The highest BCUT2D eigenvalue weighted by Crippen LogP contribution is 2.37. The average Bonchev–Trinajstić information content (AvgIpc) is 2.49. The van der Waals surface area contributed by atoms with E-state index in [4.69, 9.17) is 11.6 Å². The van der Waals surface area contributed by atoms with Crippen LogP contribution >= 0.6 is 23.4 Å². The lowest BCUT2D eigenvalue weighted by molar-refractivity contribution is 0.0929. The first-order valence-corrected chi connectivity index (χ1v) is 7.59. The van der Waals surface area contributed by atoms with Gasteiger partial charge in [-0.15, -0.1) is 11.8 Å². The van der Waals surface area contributed by atoms with Crippen molar-refractivity contribution in [2.45, 2.75) is 17.4 Å². The molecule has 0 radical (unpaired) electrons. The summed E-state index contributed by atoms with van der Waals surface area (Å²) in [5, 5.41) is 3.69. The van der Waals surface area contributed by atoms with Gasteiger partial charge in [-0.25, -0.2) is 4.98 Å². The highest BCUT2D eigenvalue weighted by Gasteiger charge is 2.23. The number of nitrogens with one attached hydrogen (secondary N) is 1. The van der Waals surface area contributed by atoms with E-state index in [1.807, 2.05) is 18.2 Å². The Morgan fingerprint density at radius 1 is 1.40 bits per heavy atom. The van der Waals surface area contributed by atoms with Gasteiger partial charge >= 0.3 is 0 Å². The van der Waals surface area contributed by atoms with Crippen molar-refractivity contribution in [3.05, 3.63) is 53.1 Å². The normalized spacial score (nSPS) is 17.4. The van der Waals surface area contributed by atoms with Crippen LogP contribution in [0.5, 0.6) is 0 Å². The molecule has 0 saturated carbocycles.